The summed E-state index contributed by atoms with van der Waals surface area (Å²) in [6.07, 6.45) is 3.50. The molecule has 1 aromatic rings. The number of H-pyrrole nitrogens is 1. The van der Waals surface area contributed by atoms with Crippen molar-refractivity contribution in [2.45, 2.75) is 19.3 Å². The van der Waals surface area contributed by atoms with E-state index in [1.54, 1.807) is 0 Å². The van der Waals surface area contributed by atoms with Gasteiger partial charge >= 0.3 is 0 Å². The minimum absolute atomic E-state index is 0.129. The first-order chi connectivity index (χ1) is 8.15. The molecule has 0 aliphatic rings. The maximum Gasteiger partial charge on any atom is 0.287 e. The van der Waals surface area contributed by atoms with E-state index in [2.05, 4.69) is 10.3 Å². The lowest BCUT2D eigenvalue weighted by Gasteiger charge is -2.02. The van der Waals surface area contributed by atoms with Crippen LogP contribution in [0, 0.1) is 10.1 Å². The number of aromatic nitrogens is 1. The number of aliphatic hydroxyl groups excluding tert-OH is 1. The molecule has 17 heavy (non-hydrogen) atoms. The van der Waals surface area contributed by atoms with Crippen LogP contribution < -0.4 is 5.32 Å². The van der Waals surface area contributed by atoms with Gasteiger partial charge < -0.3 is 15.4 Å². The zero-order chi connectivity index (χ0) is 12.7. The van der Waals surface area contributed by atoms with E-state index in [0.29, 0.717) is 13.0 Å². The van der Waals surface area contributed by atoms with Crippen molar-refractivity contribution in [3.63, 3.8) is 0 Å². The molecule has 0 saturated carbocycles. The molecule has 1 rings (SSSR count). The minimum atomic E-state index is -0.561. The quantitative estimate of drug-likeness (QED) is 0.373. The Morgan fingerprint density at radius 2 is 2.24 bits per heavy atom. The Balaban J connectivity index is 2.34. The van der Waals surface area contributed by atoms with Crippen LogP contribution in [-0.2, 0) is 0 Å². The second kappa shape index (κ2) is 6.64. The average molecular weight is 241 g/mol. The van der Waals surface area contributed by atoms with Crippen LogP contribution in [0.3, 0.4) is 0 Å². The number of hydrogen-bond donors (Lipinski definition) is 3. The lowest BCUT2D eigenvalue weighted by Crippen LogP contribution is -2.24. The van der Waals surface area contributed by atoms with Crippen LogP contribution in [0.15, 0.2) is 12.3 Å². The Bertz CT molecular complexity index is 389. The normalized spacial score (nSPS) is 10.2. The molecule has 0 atom stereocenters. The number of aliphatic hydroxyl groups is 1. The average Bonchev–Trinajstić information content (AvgIpc) is 2.78. The van der Waals surface area contributed by atoms with Crippen LogP contribution in [0.1, 0.15) is 29.8 Å². The molecule has 0 aliphatic carbocycles. The summed E-state index contributed by atoms with van der Waals surface area (Å²) in [5.74, 6) is -0.359. The smallest absolute Gasteiger partial charge is 0.287 e. The van der Waals surface area contributed by atoms with Crippen molar-refractivity contribution in [2.75, 3.05) is 13.2 Å². The van der Waals surface area contributed by atoms with Crippen molar-refractivity contribution in [3.05, 3.63) is 28.1 Å². The Labute approximate surface area is 98.0 Å². The Morgan fingerprint density at radius 3 is 2.82 bits per heavy atom. The molecule has 0 spiro atoms. The zero-order valence-electron chi connectivity index (χ0n) is 9.31. The fraction of sp³-hybridized carbons (Fsp3) is 0.500. The van der Waals surface area contributed by atoms with Gasteiger partial charge in [0, 0.05) is 19.2 Å². The number of carbonyl (C=O) groups excluding carboxylic acids is 1. The molecule has 1 heterocycles. The lowest BCUT2D eigenvalue weighted by molar-refractivity contribution is -0.384. The highest BCUT2D eigenvalue weighted by atomic mass is 16.6. The highest BCUT2D eigenvalue weighted by Gasteiger charge is 2.13. The molecular formula is C10H15N3O4. The molecule has 7 nitrogen and oxygen atoms in total. The highest BCUT2D eigenvalue weighted by Crippen LogP contribution is 2.11. The number of nitrogens with zero attached hydrogens (tertiary/aromatic N) is 1. The third kappa shape index (κ3) is 4.23. The molecule has 1 amide bonds. The molecule has 0 unspecified atom stereocenters. The number of unbranched alkanes of at least 4 members (excludes halogenated alkanes) is 2. The summed E-state index contributed by atoms with van der Waals surface area (Å²) < 4.78 is 0. The van der Waals surface area contributed by atoms with Crippen molar-refractivity contribution in [2.24, 2.45) is 0 Å². The molecule has 0 saturated heterocycles. The first-order valence-electron chi connectivity index (χ1n) is 5.37. The lowest BCUT2D eigenvalue weighted by atomic mass is 10.2. The highest BCUT2D eigenvalue weighted by molar-refractivity contribution is 5.93. The summed E-state index contributed by atoms with van der Waals surface area (Å²) in [4.78, 5) is 23.9. The number of amides is 1. The molecule has 0 radical (unpaired) electrons. The van der Waals surface area contributed by atoms with Gasteiger partial charge in [-0.1, -0.05) is 0 Å². The van der Waals surface area contributed by atoms with Crippen LogP contribution in [-0.4, -0.2) is 34.1 Å². The van der Waals surface area contributed by atoms with E-state index in [-0.39, 0.29) is 23.9 Å². The van der Waals surface area contributed by atoms with E-state index >= 15 is 0 Å². The van der Waals surface area contributed by atoms with Crippen LogP contribution in [0.4, 0.5) is 5.69 Å². The van der Waals surface area contributed by atoms with Gasteiger partial charge in [0.05, 0.1) is 11.1 Å². The maximum atomic E-state index is 11.5. The third-order valence-electron chi connectivity index (χ3n) is 2.24. The Kier molecular flexibility index (Phi) is 5.15. The van der Waals surface area contributed by atoms with Crippen LogP contribution >= 0.6 is 0 Å². The second-order valence-corrected chi connectivity index (χ2v) is 3.57. The topological polar surface area (TPSA) is 108 Å². The van der Waals surface area contributed by atoms with Crippen molar-refractivity contribution in [1.82, 2.24) is 10.3 Å². The van der Waals surface area contributed by atoms with Gasteiger partial charge in [0.25, 0.3) is 11.6 Å². The fourth-order valence-corrected chi connectivity index (χ4v) is 1.33. The van der Waals surface area contributed by atoms with Gasteiger partial charge in [-0.25, -0.2) is 0 Å². The number of rotatable bonds is 7. The van der Waals surface area contributed by atoms with Gasteiger partial charge in [-0.05, 0) is 19.3 Å². The van der Waals surface area contributed by atoms with E-state index < -0.39 is 4.92 Å². The summed E-state index contributed by atoms with van der Waals surface area (Å²) >= 11 is 0. The van der Waals surface area contributed by atoms with Gasteiger partial charge in [-0.3, -0.25) is 14.9 Å². The van der Waals surface area contributed by atoms with Crippen molar-refractivity contribution < 1.29 is 14.8 Å². The van der Waals surface area contributed by atoms with E-state index in [1.807, 2.05) is 0 Å². The van der Waals surface area contributed by atoms with E-state index in [9.17, 15) is 14.9 Å². The molecule has 0 aromatic carbocycles. The predicted octanol–water partition coefficient (Wildman–Crippen LogP) is 0.815. The van der Waals surface area contributed by atoms with Crippen molar-refractivity contribution in [1.29, 1.82) is 0 Å². The molecule has 0 aliphatic heterocycles. The minimum Gasteiger partial charge on any atom is -0.396 e. The molecule has 0 bridgehead atoms. The summed E-state index contributed by atoms with van der Waals surface area (Å²) in [7, 11) is 0. The van der Waals surface area contributed by atoms with Gasteiger partial charge in [-0.2, -0.15) is 0 Å². The number of aromatic amines is 1. The van der Waals surface area contributed by atoms with Gasteiger partial charge in [0.1, 0.15) is 5.69 Å². The van der Waals surface area contributed by atoms with E-state index in [4.69, 9.17) is 5.11 Å². The van der Waals surface area contributed by atoms with E-state index in [1.165, 1.54) is 12.3 Å². The number of hydrogen-bond acceptors (Lipinski definition) is 4. The van der Waals surface area contributed by atoms with Crippen molar-refractivity contribution >= 4 is 11.6 Å². The Morgan fingerprint density at radius 1 is 1.47 bits per heavy atom. The summed E-state index contributed by atoms with van der Waals surface area (Å²) in [6.45, 7) is 0.641. The SMILES string of the molecule is O=C(NCCCCCO)c1cc([N+](=O)[O-])c[nH]1. The second-order valence-electron chi connectivity index (χ2n) is 3.57. The summed E-state index contributed by atoms with van der Waals surface area (Å²) in [6, 6.07) is 1.20. The largest absolute Gasteiger partial charge is 0.396 e. The molecule has 94 valence electrons. The molecule has 3 N–H and O–H groups in total. The molecule has 7 heteroatoms. The predicted molar refractivity (Wildman–Crippen MR) is 60.7 cm³/mol. The van der Waals surface area contributed by atoms with Gasteiger partial charge in [-0.15, -0.1) is 0 Å². The maximum absolute atomic E-state index is 11.5. The summed E-state index contributed by atoms with van der Waals surface area (Å²) in [5, 5.41) is 21.6. The van der Waals surface area contributed by atoms with Gasteiger partial charge in [0.2, 0.25) is 0 Å². The number of nitro groups is 1. The molecule has 1 aromatic heterocycles. The first kappa shape index (κ1) is 13.2. The third-order valence-corrected chi connectivity index (χ3v) is 2.24. The summed E-state index contributed by atoms with van der Waals surface area (Å²) in [5.41, 5.74) is 0.0503. The van der Waals surface area contributed by atoms with Gasteiger partial charge in [0.15, 0.2) is 0 Å². The monoisotopic (exact) mass is 241 g/mol. The molecule has 0 fully saturated rings. The molecular weight excluding hydrogens is 226 g/mol. The first-order valence-corrected chi connectivity index (χ1v) is 5.37. The standard InChI is InChI=1S/C10H15N3O4/c14-5-3-1-2-4-11-10(15)9-6-8(7-12-9)13(16)17/h6-7,12,14H,1-5H2,(H,11,15). The Hall–Kier alpha value is -1.89. The van der Waals surface area contributed by atoms with Crippen molar-refractivity contribution in [3.8, 4) is 0 Å². The number of nitrogens with one attached hydrogen (secondary N) is 2. The number of carbonyl (C=O) groups is 1. The van der Waals surface area contributed by atoms with Crippen LogP contribution in [0.2, 0.25) is 0 Å². The van der Waals surface area contributed by atoms with Crippen LogP contribution in [0.5, 0.6) is 0 Å². The van der Waals surface area contributed by atoms with E-state index in [0.717, 1.165) is 12.8 Å². The fourth-order valence-electron chi connectivity index (χ4n) is 1.33. The van der Waals surface area contributed by atoms with Crippen LogP contribution in [0.25, 0.3) is 0 Å². The zero-order valence-corrected chi connectivity index (χ0v) is 9.31.